The summed E-state index contributed by atoms with van der Waals surface area (Å²) in [5.41, 5.74) is 1.18. The summed E-state index contributed by atoms with van der Waals surface area (Å²) >= 11 is 0. The van der Waals surface area contributed by atoms with Crippen molar-refractivity contribution in [2.24, 2.45) is 0 Å². The lowest BCUT2D eigenvalue weighted by Crippen LogP contribution is -2.99. The largest absolute Gasteiger partial charge is 0.595 e. The molecular weight excluding hydrogens is 348 g/mol. The van der Waals surface area contributed by atoms with Gasteiger partial charge < -0.3 is 15.5 Å². The van der Waals surface area contributed by atoms with E-state index in [4.69, 9.17) is 5.21 Å². The second-order valence-electron chi connectivity index (χ2n) is 5.97. The number of hydrogen-bond acceptors (Lipinski definition) is 5. The lowest BCUT2D eigenvalue weighted by atomic mass is 10.1. The molecule has 0 aliphatic rings. The number of carbonyl (C=O) groups excluding carboxylic acids is 1. The van der Waals surface area contributed by atoms with Gasteiger partial charge in [-0.05, 0) is 12.5 Å². The minimum atomic E-state index is -1.01. The maximum Gasteiger partial charge on any atom is 0.270 e. The van der Waals surface area contributed by atoms with E-state index < -0.39 is 16.7 Å². The molecular formula is C19H18N4O4. The Hall–Kier alpha value is -3.33. The summed E-state index contributed by atoms with van der Waals surface area (Å²) in [5, 5.41) is 21.6. The summed E-state index contributed by atoms with van der Waals surface area (Å²) in [5.74, 6) is -0.181. The number of nitrogens with one attached hydrogen (secondary N) is 3. The molecule has 0 radical (unpaired) electrons. The van der Waals surface area contributed by atoms with Crippen LogP contribution in [0.5, 0.6) is 0 Å². The van der Waals surface area contributed by atoms with E-state index in [-0.39, 0.29) is 17.4 Å². The molecule has 1 amide bonds. The second-order valence-corrected chi connectivity index (χ2v) is 5.97. The molecule has 0 unspecified atom stereocenters. The molecule has 0 saturated carbocycles. The van der Waals surface area contributed by atoms with Gasteiger partial charge in [-0.25, -0.2) is 10.2 Å². The first-order chi connectivity index (χ1) is 12.9. The SMILES string of the molecule is C[C@@H](NC(=O)c1cc(=O)[nH]c(-c2ccccc2)n1)c1ccc([N@@H+]([O-])O)cc1. The number of benzene rings is 2. The average Bonchev–Trinajstić information content (AvgIpc) is 2.68. The van der Waals surface area contributed by atoms with Gasteiger partial charge in [0.25, 0.3) is 11.5 Å². The summed E-state index contributed by atoms with van der Waals surface area (Å²) in [6.45, 7) is 1.76. The standard InChI is InChI=1S/C19H18N4O4/c1-12(13-7-9-15(10-8-13)23(26)27)20-19(25)16-11-17(24)22-18(21-16)14-5-3-2-4-6-14/h2-12,23,26H,1H3,(H,20,25)(H,21,22,24)/t12-/m1/s1. The van der Waals surface area contributed by atoms with Crippen molar-refractivity contribution in [3.63, 3.8) is 0 Å². The van der Waals surface area contributed by atoms with Crippen molar-refractivity contribution in [2.45, 2.75) is 13.0 Å². The van der Waals surface area contributed by atoms with Crippen molar-refractivity contribution < 1.29 is 15.2 Å². The number of carbonyl (C=O) groups is 1. The number of amides is 1. The van der Waals surface area contributed by atoms with E-state index in [1.54, 1.807) is 31.2 Å². The van der Waals surface area contributed by atoms with Crippen LogP contribution in [0.15, 0.2) is 65.5 Å². The zero-order valence-electron chi connectivity index (χ0n) is 14.5. The molecule has 4 N–H and O–H groups in total. The molecule has 27 heavy (non-hydrogen) atoms. The van der Waals surface area contributed by atoms with Crippen LogP contribution in [0.3, 0.4) is 0 Å². The number of aromatic amines is 1. The molecule has 8 nitrogen and oxygen atoms in total. The smallest absolute Gasteiger partial charge is 0.270 e. The number of rotatable bonds is 5. The third-order valence-electron chi connectivity index (χ3n) is 4.03. The number of nitrogens with zero attached hydrogens (tertiary/aromatic N) is 1. The summed E-state index contributed by atoms with van der Waals surface area (Å²) < 4.78 is 0. The van der Waals surface area contributed by atoms with Gasteiger partial charge in [-0.3, -0.25) is 9.59 Å². The van der Waals surface area contributed by atoms with Gasteiger partial charge in [0, 0.05) is 23.8 Å². The van der Waals surface area contributed by atoms with Gasteiger partial charge in [-0.15, -0.1) is 0 Å². The molecule has 0 aliphatic carbocycles. The van der Waals surface area contributed by atoms with E-state index in [2.05, 4.69) is 15.3 Å². The Balaban J connectivity index is 1.79. The van der Waals surface area contributed by atoms with E-state index in [0.29, 0.717) is 11.4 Å². The molecule has 1 aromatic heterocycles. The number of H-pyrrole nitrogens is 1. The van der Waals surface area contributed by atoms with Gasteiger partial charge in [-0.1, -0.05) is 42.5 Å². The molecule has 3 rings (SSSR count). The Kier molecular flexibility index (Phi) is 5.41. The fourth-order valence-corrected chi connectivity index (χ4v) is 2.57. The fraction of sp³-hybridized carbons (Fsp3) is 0.105. The summed E-state index contributed by atoms with van der Waals surface area (Å²) in [6, 6.07) is 16.0. The van der Waals surface area contributed by atoms with Crippen LogP contribution in [-0.2, 0) is 0 Å². The maximum atomic E-state index is 12.5. The normalized spacial score (nSPS) is 13.0. The monoisotopic (exact) mass is 366 g/mol. The molecule has 1 heterocycles. The highest BCUT2D eigenvalue weighted by molar-refractivity contribution is 5.92. The highest BCUT2D eigenvalue weighted by Crippen LogP contribution is 2.16. The zero-order valence-corrected chi connectivity index (χ0v) is 14.5. The first-order valence-electron chi connectivity index (χ1n) is 8.25. The number of hydrogen-bond donors (Lipinski definition) is 4. The van der Waals surface area contributed by atoms with Crippen molar-refractivity contribution in [3.05, 3.63) is 87.5 Å². The molecule has 0 saturated heterocycles. The van der Waals surface area contributed by atoms with Crippen LogP contribution < -0.4 is 16.1 Å². The van der Waals surface area contributed by atoms with Crippen LogP contribution in [0.1, 0.15) is 29.0 Å². The van der Waals surface area contributed by atoms with Crippen molar-refractivity contribution in [1.29, 1.82) is 0 Å². The Bertz CT molecular complexity index is 985. The summed E-state index contributed by atoms with van der Waals surface area (Å²) in [4.78, 5) is 31.3. The third kappa shape index (κ3) is 4.45. The molecule has 138 valence electrons. The minimum absolute atomic E-state index is 0.00612. The third-order valence-corrected chi connectivity index (χ3v) is 4.03. The lowest BCUT2D eigenvalue weighted by molar-refractivity contribution is -0.991. The van der Waals surface area contributed by atoms with Gasteiger partial charge in [0.05, 0.1) is 6.04 Å². The predicted molar refractivity (Wildman–Crippen MR) is 98.4 cm³/mol. The predicted octanol–water partition coefficient (Wildman–Crippen LogP) is 1.33. The Labute approximate surface area is 154 Å². The minimum Gasteiger partial charge on any atom is -0.595 e. The molecule has 0 spiro atoms. The lowest BCUT2D eigenvalue weighted by Gasteiger charge is -2.16. The average molecular weight is 366 g/mol. The zero-order chi connectivity index (χ0) is 19.4. The Morgan fingerprint density at radius 2 is 1.85 bits per heavy atom. The van der Waals surface area contributed by atoms with Crippen LogP contribution in [0.4, 0.5) is 5.69 Å². The van der Waals surface area contributed by atoms with Crippen LogP contribution in [0, 0.1) is 5.21 Å². The van der Waals surface area contributed by atoms with Crippen LogP contribution in [-0.4, -0.2) is 21.1 Å². The summed E-state index contributed by atoms with van der Waals surface area (Å²) in [7, 11) is 0. The van der Waals surface area contributed by atoms with Crippen molar-refractivity contribution in [2.75, 3.05) is 0 Å². The fourth-order valence-electron chi connectivity index (χ4n) is 2.57. The molecule has 0 fully saturated rings. The summed E-state index contributed by atoms with van der Waals surface area (Å²) in [6.07, 6.45) is 0. The highest BCUT2D eigenvalue weighted by atomic mass is 16.8. The van der Waals surface area contributed by atoms with E-state index in [1.807, 2.05) is 18.2 Å². The van der Waals surface area contributed by atoms with Crippen molar-refractivity contribution in [1.82, 2.24) is 15.3 Å². The van der Waals surface area contributed by atoms with Gasteiger partial charge >= 0.3 is 0 Å². The number of aromatic nitrogens is 2. The molecule has 2 aromatic carbocycles. The first-order valence-corrected chi connectivity index (χ1v) is 8.25. The molecule has 0 bridgehead atoms. The van der Waals surface area contributed by atoms with E-state index in [9.17, 15) is 14.8 Å². The van der Waals surface area contributed by atoms with Gasteiger partial charge in [-0.2, -0.15) is 5.23 Å². The first kappa shape index (κ1) is 18.5. The van der Waals surface area contributed by atoms with Crippen molar-refractivity contribution >= 4 is 11.6 Å². The van der Waals surface area contributed by atoms with Crippen LogP contribution in [0.2, 0.25) is 0 Å². The number of quaternary nitrogens is 1. The van der Waals surface area contributed by atoms with Crippen LogP contribution in [0.25, 0.3) is 11.4 Å². The van der Waals surface area contributed by atoms with E-state index in [0.717, 1.165) is 11.6 Å². The Morgan fingerprint density at radius 3 is 2.48 bits per heavy atom. The topological polar surface area (TPSA) is 123 Å². The molecule has 0 aliphatic heterocycles. The van der Waals surface area contributed by atoms with E-state index >= 15 is 0 Å². The van der Waals surface area contributed by atoms with Crippen LogP contribution >= 0.6 is 0 Å². The van der Waals surface area contributed by atoms with Gasteiger partial charge in [0.1, 0.15) is 11.5 Å². The maximum absolute atomic E-state index is 12.5. The highest BCUT2D eigenvalue weighted by Gasteiger charge is 2.15. The van der Waals surface area contributed by atoms with Gasteiger partial charge in [0.15, 0.2) is 5.69 Å². The van der Waals surface area contributed by atoms with Gasteiger partial charge in [0.2, 0.25) is 0 Å². The molecule has 8 heteroatoms. The van der Waals surface area contributed by atoms with Crippen molar-refractivity contribution in [3.8, 4) is 11.4 Å². The van der Waals surface area contributed by atoms with E-state index in [1.165, 1.54) is 12.1 Å². The molecule has 3 aromatic rings. The molecule has 2 atom stereocenters. The Morgan fingerprint density at radius 1 is 1.19 bits per heavy atom. The quantitative estimate of drug-likeness (QED) is 0.508. The second kappa shape index (κ2) is 7.92.